The number of thiocarbonyl (C=S) groups is 1. The van der Waals surface area contributed by atoms with Gasteiger partial charge >= 0.3 is 0 Å². The summed E-state index contributed by atoms with van der Waals surface area (Å²) < 4.78 is 0. The van der Waals surface area contributed by atoms with Crippen molar-refractivity contribution in [3.8, 4) is 0 Å². The molecule has 92 valence electrons. The number of hydrogen-bond donors (Lipinski definition) is 2. The first-order chi connectivity index (χ1) is 8.78. The molecular formula is C14H15N3S. The predicted molar refractivity (Wildman–Crippen MR) is 78.8 cm³/mol. The van der Waals surface area contributed by atoms with Crippen molar-refractivity contribution in [1.29, 1.82) is 0 Å². The lowest BCUT2D eigenvalue weighted by atomic mass is 10.1. The van der Waals surface area contributed by atoms with Crippen molar-refractivity contribution >= 4 is 23.0 Å². The van der Waals surface area contributed by atoms with Gasteiger partial charge < -0.3 is 10.6 Å². The van der Waals surface area contributed by atoms with Crippen LogP contribution in [0.4, 0.5) is 5.69 Å². The SMILES string of the molecule is CNC(=S)Nc1ccc(Cc2ccncc2)cc1. The van der Waals surface area contributed by atoms with E-state index in [1.165, 1.54) is 11.1 Å². The van der Waals surface area contributed by atoms with Crippen LogP contribution in [-0.4, -0.2) is 17.1 Å². The summed E-state index contributed by atoms with van der Waals surface area (Å²) in [5.41, 5.74) is 3.52. The van der Waals surface area contributed by atoms with Crippen LogP contribution in [0.2, 0.25) is 0 Å². The van der Waals surface area contributed by atoms with Gasteiger partial charge in [0.25, 0.3) is 0 Å². The van der Waals surface area contributed by atoms with Crippen molar-refractivity contribution in [2.24, 2.45) is 0 Å². The maximum absolute atomic E-state index is 5.05. The number of aromatic nitrogens is 1. The second-order valence-corrected chi connectivity index (χ2v) is 4.34. The van der Waals surface area contributed by atoms with E-state index in [1.807, 2.05) is 36.7 Å². The molecule has 0 radical (unpaired) electrons. The van der Waals surface area contributed by atoms with Crippen LogP contribution < -0.4 is 10.6 Å². The Morgan fingerprint density at radius 3 is 2.28 bits per heavy atom. The molecule has 1 aromatic heterocycles. The van der Waals surface area contributed by atoms with E-state index in [0.717, 1.165) is 12.1 Å². The van der Waals surface area contributed by atoms with Crippen molar-refractivity contribution in [3.05, 3.63) is 59.9 Å². The highest BCUT2D eigenvalue weighted by atomic mass is 32.1. The van der Waals surface area contributed by atoms with Crippen LogP contribution >= 0.6 is 12.2 Å². The molecular weight excluding hydrogens is 242 g/mol. The molecule has 0 atom stereocenters. The summed E-state index contributed by atoms with van der Waals surface area (Å²) in [5.74, 6) is 0. The predicted octanol–water partition coefficient (Wildman–Crippen LogP) is 2.59. The largest absolute Gasteiger partial charge is 0.366 e. The zero-order chi connectivity index (χ0) is 12.8. The average Bonchev–Trinajstić information content (AvgIpc) is 2.42. The second-order valence-electron chi connectivity index (χ2n) is 3.93. The highest BCUT2D eigenvalue weighted by Gasteiger charge is 1.98. The Balaban J connectivity index is 2.02. The lowest BCUT2D eigenvalue weighted by Gasteiger charge is -2.08. The first kappa shape index (κ1) is 12.5. The first-order valence-electron chi connectivity index (χ1n) is 5.74. The average molecular weight is 257 g/mol. The number of hydrogen-bond acceptors (Lipinski definition) is 2. The first-order valence-corrected chi connectivity index (χ1v) is 6.15. The Hall–Kier alpha value is -1.94. The molecule has 0 saturated heterocycles. The number of pyridine rings is 1. The van der Waals surface area contributed by atoms with Gasteiger partial charge in [0.1, 0.15) is 0 Å². The second kappa shape index (κ2) is 6.12. The Morgan fingerprint density at radius 1 is 1.06 bits per heavy atom. The molecule has 0 spiro atoms. The molecule has 0 aliphatic rings. The van der Waals surface area contributed by atoms with Crippen molar-refractivity contribution in [3.63, 3.8) is 0 Å². The lowest BCUT2D eigenvalue weighted by molar-refractivity contribution is 1.16. The van der Waals surface area contributed by atoms with Crippen LogP contribution in [0.3, 0.4) is 0 Å². The Bertz CT molecular complexity index is 508. The highest BCUT2D eigenvalue weighted by molar-refractivity contribution is 7.80. The van der Waals surface area contributed by atoms with Gasteiger partial charge in [-0.25, -0.2) is 0 Å². The molecule has 18 heavy (non-hydrogen) atoms. The smallest absolute Gasteiger partial charge is 0.170 e. The van der Waals surface area contributed by atoms with Crippen LogP contribution in [-0.2, 0) is 6.42 Å². The summed E-state index contributed by atoms with van der Waals surface area (Å²) in [6.45, 7) is 0. The third kappa shape index (κ3) is 3.53. The van der Waals surface area contributed by atoms with Gasteiger partial charge in [0, 0.05) is 25.1 Å². The summed E-state index contributed by atoms with van der Waals surface area (Å²) in [5, 5.41) is 6.60. The van der Waals surface area contributed by atoms with Crippen molar-refractivity contribution in [2.75, 3.05) is 12.4 Å². The van der Waals surface area contributed by atoms with Crippen molar-refractivity contribution in [1.82, 2.24) is 10.3 Å². The molecule has 0 aliphatic heterocycles. The molecule has 0 amide bonds. The van der Waals surface area contributed by atoms with Crippen LogP contribution in [0.5, 0.6) is 0 Å². The maximum Gasteiger partial charge on any atom is 0.170 e. The Morgan fingerprint density at radius 2 is 1.67 bits per heavy atom. The third-order valence-corrected chi connectivity index (χ3v) is 2.90. The van der Waals surface area contributed by atoms with Gasteiger partial charge in [-0.05, 0) is 54.0 Å². The number of nitrogens with zero attached hydrogens (tertiary/aromatic N) is 1. The molecule has 1 aromatic carbocycles. The topological polar surface area (TPSA) is 37.0 Å². The van der Waals surface area contributed by atoms with Gasteiger partial charge in [-0.1, -0.05) is 12.1 Å². The zero-order valence-electron chi connectivity index (χ0n) is 10.2. The number of nitrogens with one attached hydrogen (secondary N) is 2. The van der Waals surface area contributed by atoms with Gasteiger partial charge in [-0.3, -0.25) is 4.98 Å². The third-order valence-electron chi connectivity index (χ3n) is 2.60. The molecule has 4 heteroatoms. The summed E-state index contributed by atoms with van der Waals surface area (Å²) >= 11 is 5.05. The van der Waals surface area contributed by atoms with Gasteiger partial charge in [0.2, 0.25) is 0 Å². The van der Waals surface area contributed by atoms with Crippen LogP contribution in [0.15, 0.2) is 48.8 Å². The molecule has 0 saturated carbocycles. The zero-order valence-corrected chi connectivity index (χ0v) is 11.0. The quantitative estimate of drug-likeness (QED) is 0.829. The minimum Gasteiger partial charge on any atom is -0.366 e. The van der Waals surface area contributed by atoms with E-state index in [1.54, 1.807) is 7.05 Å². The van der Waals surface area contributed by atoms with Crippen molar-refractivity contribution < 1.29 is 0 Å². The van der Waals surface area contributed by atoms with E-state index >= 15 is 0 Å². The van der Waals surface area contributed by atoms with E-state index in [2.05, 4.69) is 27.8 Å². The molecule has 0 fully saturated rings. The van der Waals surface area contributed by atoms with Crippen LogP contribution in [0, 0.1) is 0 Å². The normalized spacial score (nSPS) is 9.83. The van der Waals surface area contributed by atoms with Gasteiger partial charge in [0.05, 0.1) is 0 Å². The fourth-order valence-electron chi connectivity index (χ4n) is 1.64. The molecule has 2 N–H and O–H groups in total. The van der Waals surface area contributed by atoms with E-state index in [4.69, 9.17) is 12.2 Å². The Labute approximate surface area is 112 Å². The summed E-state index contributed by atoms with van der Waals surface area (Å²) in [6, 6.07) is 12.3. The molecule has 0 aliphatic carbocycles. The maximum atomic E-state index is 5.05. The molecule has 2 rings (SSSR count). The number of rotatable bonds is 3. The fraction of sp³-hybridized carbons (Fsp3) is 0.143. The molecule has 3 nitrogen and oxygen atoms in total. The summed E-state index contributed by atoms with van der Waals surface area (Å²) in [6.07, 6.45) is 4.55. The van der Waals surface area contributed by atoms with Gasteiger partial charge in [-0.15, -0.1) is 0 Å². The van der Waals surface area contributed by atoms with Crippen LogP contribution in [0.25, 0.3) is 0 Å². The number of anilines is 1. The van der Waals surface area contributed by atoms with Gasteiger partial charge in [0.15, 0.2) is 5.11 Å². The standard InChI is InChI=1S/C14H15N3S/c1-15-14(18)17-13-4-2-11(3-5-13)10-12-6-8-16-9-7-12/h2-9H,10H2,1H3,(H2,15,17,18). The monoisotopic (exact) mass is 257 g/mol. The highest BCUT2D eigenvalue weighted by Crippen LogP contribution is 2.13. The molecule has 1 heterocycles. The molecule has 2 aromatic rings. The minimum atomic E-state index is 0.622. The fourth-order valence-corrected chi connectivity index (χ4v) is 1.75. The lowest BCUT2D eigenvalue weighted by Crippen LogP contribution is -2.23. The minimum absolute atomic E-state index is 0.622. The van der Waals surface area contributed by atoms with E-state index in [-0.39, 0.29) is 0 Å². The Kier molecular flexibility index (Phi) is 4.25. The number of benzene rings is 1. The summed E-state index contributed by atoms with van der Waals surface area (Å²) in [4.78, 5) is 4.01. The van der Waals surface area contributed by atoms with Gasteiger partial charge in [-0.2, -0.15) is 0 Å². The van der Waals surface area contributed by atoms with Crippen LogP contribution in [0.1, 0.15) is 11.1 Å². The van der Waals surface area contributed by atoms with E-state index in [9.17, 15) is 0 Å². The van der Waals surface area contributed by atoms with E-state index < -0.39 is 0 Å². The summed E-state index contributed by atoms with van der Waals surface area (Å²) in [7, 11) is 1.80. The van der Waals surface area contributed by atoms with E-state index in [0.29, 0.717) is 5.11 Å². The van der Waals surface area contributed by atoms with Crippen molar-refractivity contribution in [2.45, 2.75) is 6.42 Å². The molecule has 0 unspecified atom stereocenters. The molecule has 0 bridgehead atoms.